The summed E-state index contributed by atoms with van der Waals surface area (Å²) in [6.07, 6.45) is 0. The number of amides is 1. The van der Waals surface area contributed by atoms with Crippen molar-refractivity contribution in [2.45, 2.75) is 0 Å². The van der Waals surface area contributed by atoms with Crippen LogP contribution in [0.25, 0.3) is 0 Å². The van der Waals surface area contributed by atoms with Gasteiger partial charge in [-0.25, -0.2) is 4.99 Å². The van der Waals surface area contributed by atoms with Crippen LogP contribution in [0.1, 0.15) is 9.67 Å². The third kappa shape index (κ3) is 4.26. The number of hydrogen-bond donors (Lipinski definition) is 1. The van der Waals surface area contributed by atoms with Crippen LogP contribution >= 0.6 is 34.5 Å². The van der Waals surface area contributed by atoms with Crippen LogP contribution in [-0.2, 0) is 0 Å². The molecule has 0 aliphatic carbocycles. The highest BCUT2D eigenvalue weighted by Gasteiger charge is 2.23. The van der Waals surface area contributed by atoms with E-state index in [1.54, 1.807) is 6.07 Å². The molecule has 25 heavy (non-hydrogen) atoms. The molecule has 1 amide bonds. The Morgan fingerprint density at radius 1 is 1.24 bits per heavy atom. The summed E-state index contributed by atoms with van der Waals surface area (Å²) in [7, 11) is 0. The highest BCUT2D eigenvalue weighted by Crippen LogP contribution is 2.31. The summed E-state index contributed by atoms with van der Waals surface area (Å²) in [6.45, 7) is 2.82. The Bertz CT molecular complexity index is 771. The van der Waals surface area contributed by atoms with E-state index in [1.165, 1.54) is 11.3 Å². The molecule has 0 bridgehead atoms. The van der Waals surface area contributed by atoms with Crippen LogP contribution in [0.5, 0.6) is 0 Å². The van der Waals surface area contributed by atoms with Crippen molar-refractivity contribution in [3.05, 3.63) is 45.6 Å². The average Bonchev–Trinajstić information content (AvgIpc) is 3.16. The number of aliphatic imine (C=N–C) groups is 1. The molecule has 0 radical (unpaired) electrons. The van der Waals surface area contributed by atoms with Crippen LogP contribution in [0.2, 0.25) is 5.02 Å². The number of alkyl halides is 1. The van der Waals surface area contributed by atoms with Gasteiger partial charge >= 0.3 is 0 Å². The lowest BCUT2D eigenvalue weighted by molar-refractivity contribution is 0.0751. The van der Waals surface area contributed by atoms with E-state index in [0.29, 0.717) is 29.6 Å². The molecule has 3 rings (SSSR count). The molecule has 5 nitrogen and oxygen atoms in total. The van der Waals surface area contributed by atoms with Crippen molar-refractivity contribution in [1.82, 2.24) is 4.90 Å². The lowest BCUT2D eigenvalue weighted by atomic mass is 10.2. The summed E-state index contributed by atoms with van der Waals surface area (Å²) >= 11 is 13.5. The van der Waals surface area contributed by atoms with Crippen LogP contribution < -0.4 is 10.6 Å². The predicted octanol–water partition coefficient (Wildman–Crippen LogP) is 3.59. The molecular weight excluding hydrogens is 379 g/mol. The quantitative estimate of drug-likeness (QED) is 0.487. The Morgan fingerprint density at radius 2 is 2.00 bits per heavy atom. The second kappa shape index (κ2) is 8.08. The maximum absolute atomic E-state index is 12.4. The summed E-state index contributed by atoms with van der Waals surface area (Å²) in [4.78, 5) is 21.4. The predicted molar refractivity (Wildman–Crippen MR) is 106 cm³/mol. The van der Waals surface area contributed by atoms with Crippen LogP contribution in [0.3, 0.4) is 0 Å². The van der Waals surface area contributed by atoms with E-state index in [4.69, 9.17) is 28.9 Å². The summed E-state index contributed by atoms with van der Waals surface area (Å²) in [6, 6.07) is 9.33. The number of piperazine rings is 1. The smallest absolute Gasteiger partial charge is 0.264 e. The number of thiophene rings is 1. The van der Waals surface area contributed by atoms with Crippen LogP contribution in [-0.4, -0.2) is 48.7 Å². The third-order valence-corrected chi connectivity index (χ3v) is 5.41. The van der Waals surface area contributed by atoms with E-state index in [0.717, 1.165) is 23.7 Å². The Kier molecular flexibility index (Phi) is 5.83. The maximum atomic E-state index is 12.4. The van der Waals surface area contributed by atoms with Crippen LogP contribution in [0, 0.1) is 0 Å². The fourth-order valence-electron chi connectivity index (χ4n) is 2.72. The zero-order chi connectivity index (χ0) is 17.8. The van der Waals surface area contributed by atoms with Gasteiger partial charge in [0.15, 0.2) is 0 Å². The molecule has 1 aliphatic rings. The number of carbonyl (C=O) groups is 1. The molecule has 0 spiro atoms. The number of rotatable bonds is 4. The monoisotopic (exact) mass is 396 g/mol. The molecule has 1 aromatic heterocycles. The summed E-state index contributed by atoms with van der Waals surface area (Å²) in [5.41, 5.74) is 7.26. The van der Waals surface area contributed by atoms with E-state index in [-0.39, 0.29) is 11.8 Å². The van der Waals surface area contributed by atoms with E-state index in [9.17, 15) is 4.79 Å². The largest absolute Gasteiger partial charge is 0.386 e. The lowest BCUT2D eigenvalue weighted by Crippen LogP contribution is -2.48. The van der Waals surface area contributed by atoms with E-state index in [1.807, 2.05) is 34.5 Å². The first kappa shape index (κ1) is 18.0. The fourth-order valence-corrected chi connectivity index (χ4v) is 3.77. The van der Waals surface area contributed by atoms with Gasteiger partial charge in [0.1, 0.15) is 5.84 Å². The van der Waals surface area contributed by atoms with Gasteiger partial charge in [-0.1, -0.05) is 17.7 Å². The zero-order valence-electron chi connectivity index (χ0n) is 13.5. The molecule has 0 atom stereocenters. The molecule has 1 aromatic carbocycles. The van der Waals surface area contributed by atoms with Gasteiger partial charge in [0.25, 0.3) is 5.91 Å². The number of amidine groups is 1. The van der Waals surface area contributed by atoms with Gasteiger partial charge in [-0.15, -0.1) is 22.9 Å². The molecule has 0 unspecified atom stereocenters. The van der Waals surface area contributed by atoms with Gasteiger partial charge in [0.2, 0.25) is 0 Å². The normalized spacial score (nSPS) is 15.5. The first-order valence-corrected chi connectivity index (χ1v) is 9.64. The second-order valence-corrected chi connectivity index (χ2v) is 7.25. The van der Waals surface area contributed by atoms with Crippen molar-refractivity contribution in [3.8, 4) is 0 Å². The first-order valence-electron chi connectivity index (χ1n) is 7.85. The van der Waals surface area contributed by atoms with Crippen molar-refractivity contribution in [3.63, 3.8) is 0 Å². The Balaban J connectivity index is 1.66. The number of nitrogens with zero attached hydrogens (tertiary/aromatic N) is 3. The minimum Gasteiger partial charge on any atom is -0.386 e. The SMILES string of the molecule is NC(CCl)=Nc1ccc(N2CCN(C(=O)c3cccs3)CC2)c(Cl)c1. The van der Waals surface area contributed by atoms with Gasteiger partial charge in [-0.05, 0) is 29.6 Å². The number of benzene rings is 1. The van der Waals surface area contributed by atoms with Gasteiger partial charge in [-0.2, -0.15) is 0 Å². The standard InChI is InChI=1S/C17H18Cl2N4OS/c18-11-16(20)21-12-3-4-14(13(19)10-12)22-5-7-23(8-6-22)17(24)15-2-1-9-25-15/h1-4,9-10H,5-8,11H2,(H2,20,21). The van der Waals surface area contributed by atoms with Crippen molar-refractivity contribution >= 4 is 57.7 Å². The molecule has 2 aromatic rings. The molecule has 0 saturated carbocycles. The van der Waals surface area contributed by atoms with Crippen molar-refractivity contribution < 1.29 is 4.79 Å². The van der Waals surface area contributed by atoms with Crippen molar-refractivity contribution in [2.24, 2.45) is 10.7 Å². The molecule has 8 heteroatoms. The zero-order valence-corrected chi connectivity index (χ0v) is 15.8. The number of carbonyl (C=O) groups excluding carboxylic acids is 1. The topological polar surface area (TPSA) is 61.9 Å². The van der Waals surface area contributed by atoms with Crippen LogP contribution in [0.15, 0.2) is 40.7 Å². The molecular formula is C17H18Cl2N4OS. The van der Waals surface area contributed by atoms with Crippen molar-refractivity contribution in [2.75, 3.05) is 37.0 Å². The number of nitrogens with two attached hydrogens (primary N) is 1. The average molecular weight is 397 g/mol. The summed E-state index contributed by atoms with van der Waals surface area (Å²) in [5, 5.41) is 2.53. The number of anilines is 1. The molecule has 1 saturated heterocycles. The minimum atomic E-state index is 0.0991. The molecule has 2 heterocycles. The highest BCUT2D eigenvalue weighted by atomic mass is 35.5. The maximum Gasteiger partial charge on any atom is 0.264 e. The minimum absolute atomic E-state index is 0.0991. The summed E-state index contributed by atoms with van der Waals surface area (Å²) < 4.78 is 0. The molecule has 1 fully saturated rings. The Labute approximate surface area is 160 Å². The highest BCUT2D eigenvalue weighted by molar-refractivity contribution is 7.12. The van der Waals surface area contributed by atoms with E-state index < -0.39 is 0 Å². The fraction of sp³-hybridized carbons (Fsp3) is 0.294. The second-order valence-electron chi connectivity index (χ2n) is 5.63. The van der Waals surface area contributed by atoms with Gasteiger partial charge in [-0.3, -0.25) is 4.79 Å². The Morgan fingerprint density at radius 3 is 2.60 bits per heavy atom. The lowest BCUT2D eigenvalue weighted by Gasteiger charge is -2.36. The van der Waals surface area contributed by atoms with Gasteiger partial charge in [0.05, 0.1) is 27.2 Å². The van der Waals surface area contributed by atoms with Gasteiger partial charge < -0.3 is 15.5 Å². The number of halogens is 2. The molecule has 2 N–H and O–H groups in total. The van der Waals surface area contributed by atoms with Gasteiger partial charge in [0, 0.05) is 26.2 Å². The summed E-state index contributed by atoms with van der Waals surface area (Å²) in [5.74, 6) is 0.632. The third-order valence-electron chi connectivity index (χ3n) is 3.98. The molecule has 1 aliphatic heterocycles. The van der Waals surface area contributed by atoms with E-state index in [2.05, 4.69) is 9.89 Å². The van der Waals surface area contributed by atoms with Crippen LogP contribution in [0.4, 0.5) is 11.4 Å². The Hall–Kier alpha value is -1.76. The molecule has 132 valence electrons. The van der Waals surface area contributed by atoms with Crippen molar-refractivity contribution in [1.29, 1.82) is 0 Å². The van der Waals surface area contributed by atoms with E-state index >= 15 is 0 Å². The number of hydrogen-bond acceptors (Lipinski definition) is 4. The first-order chi connectivity index (χ1) is 12.1.